The second kappa shape index (κ2) is 10.3. The fourth-order valence-corrected chi connectivity index (χ4v) is 3.79. The Morgan fingerprint density at radius 2 is 1.67 bits per heavy atom. The monoisotopic (exact) mass is 555 g/mol. The summed E-state index contributed by atoms with van der Waals surface area (Å²) < 4.78 is 80.1. The number of carbonyl (C=O) groups is 3. The van der Waals surface area contributed by atoms with Gasteiger partial charge < -0.3 is 15.5 Å². The van der Waals surface area contributed by atoms with Gasteiger partial charge in [0.25, 0.3) is 11.8 Å². The van der Waals surface area contributed by atoms with Crippen LogP contribution in [0.25, 0.3) is 5.82 Å². The molecule has 0 radical (unpaired) electrons. The van der Waals surface area contributed by atoms with Crippen LogP contribution < -0.4 is 10.6 Å². The highest BCUT2D eigenvalue weighted by Gasteiger charge is 2.37. The highest BCUT2D eigenvalue weighted by molar-refractivity contribution is 5.97. The molecular formula is C23H19F6N7O3. The maximum Gasteiger partial charge on any atom is 0.416 e. The van der Waals surface area contributed by atoms with E-state index in [2.05, 4.69) is 25.7 Å². The van der Waals surface area contributed by atoms with Gasteiger partial charge in [-0.2, -0.15) is 36.1 Å². The Hall–Kier alpha value is -4.50. The Morgan fingerprint density at radius 1 is 1.00 bits per heavy atom. The van der Waals surface area contributed by atoms with Crippen LogP contribution in [0.5, 0.6) is 0 Å². The van der Waals surface area contributed by atoms with Crippen molar-refractivity contribution in [2.75, 3.05) is 19.6 Å². The van der Waals surface area contributed by atoms with E-state index in [1.54, 1.807) is 0 Å². The predicted molar refractivity (Wildman–Crippen MR) is 120 cm³/mol. The van der Waals surface area contributed by atoms with E-state index in [0.717, 1.165) is 6.33 Å². The van der Waals surface area contributed by atoms with Crippen molar-refractivity contribution in [3.63, 3.8) is 0 Å². The Morgan fingerprint density at radius 3 is 2.23 bits per heavy atom. The second-order valence-electron chi connectivity index (χ2n) is 8.50. The summed E-state index contributed by atoms with van der Waals surface area (Å²) in [6.45, 7) is 1.95. The van der Waals surface area contributed by atoms with Crippen LogP contribution in [0.3, 0.4) is 0 Å². The average Bonchev–Trinajstić information content (AvgIpc) is 3.37. The van der Waals surface area contributed by atoms with E-state index in [9.17, 15) is 40.7 Å². The van der Waals surface area contributed by atoms with Gasteiger partial charge in [-0.25, -0.2) is 9.97 Å². The standard InChI is InChI=1S/C23H19F6N7O3/c1-12(34-20(38)14-6-15(22(24,25)26)8-16(7-14)23(27,28)29)19-32-11-33-36(19)17-3-2-13(9-31-17)21(39)35-5-4-30-18(37)10-35/h2-3,6-9,11-12H,4-5,10H2,1H3,(H,30,37)(H,34,38)/t12-/m0/s1. The summed E-state index contributed by atoms with van der Waals surface area (Å²) in [6, 6.07) is 2.41. The summed E-state index contributed by atoms with van der Waals surface area (Å²) in [6.07, 6.45) is -7.86. The molecule has 0 spiro atoms. The summed E-state index contributed by atoms with van der Waals surface area (Å²) >= 11 is 0. The van der Waals surface area contributed by atoms with E-state index < -0.39 is 46.9 Å². The molecule has 39 heavy (non-hydrogen) atoms. The molecule has 1 fully saturated rings. The zero-order valence-electron chi connectivity index (χ0n) is 20.0. The molecule has 0 unspecified atom stereocenters. The lowest BCUT2D eigenvalue weighted by Gasteiger charge is -2.26. The largest absolute Gasteiger partial charge is 0.416 e. The van der Waals surface area contributed by atoms with E-state index in [1.165, 1.54) is 34.8 Å². The minimum absolute atomic E-state index is 0.0608. The lowest BCUT2D eigenvalue weighted by Crippen LogP contribution is -2.49. The molecule has 2 N–H and O–H groups in total. The Balaban J connectivity index is 1.53. The number of aromatic nitrogens is 4. The summed E-state index contributed by atoms with van der Waals surface area (Å²) in [5.41, 5.74) is -3.89. The first kappa shape index (κ1) is 27.5. The number of alkyl halides is 6. The molecule has 1 saturated heterocycles. The van der Waals surface area contributed by atoms with E-state index in [1.807, 2.05) is 0 Å². The Kier molecular flexibility index (Phi) is 7.30. The van der Waals surface area contributed by atoms with E-state index >= 15 is 0 Å². The Bertz CT molecular complexity index is 1370. The fourth-order valence-electron chi connectivity index (χ4n) is 3.79. The zero-order valence-corrected chi connectivity index (χ0v) is 20.0. The molecule has 1 aliphatic rings. The van der Waals surface area contributed by atoms with Crippen molar-refractivity contribution in [1.29, 1.82) is 0 Å². The highest BCUT2D eigenvalue weighted by Crippen LogP contribution is 2.36. The number of pyridine rings is 1. The first-order valence-corrected chi connectivity index (χ1v) is 11.3. The molecule has 16 heteroatoms. The van der Waals surface area contributed by atoms with Crippen molar-refractivity contribution in [1.82, 2.24) is 35.3 Å². The SMILES string of the molecule is C[C@H](NC(=O)c1cc(C(F)(F)F)cc(C(F)(F)F)c1)c1ncnn1-c1ccc(C(=O)N2CCNC(=O)C2)cn1. The first-order chi connectivity index (χ1) is 18.2. The lowest BCUT2D eigenvalue weighted by molar-refractivity contribution is -0.143. The van der Waals surface area contributed by atoms with Gasteiger partial charge in [0.1, 0.15) is 6.33 Å². The average molecular weight is 555 g/mol. The molecule has 0 saturated carbocycles. The van der Waals surface area contributed by atoms with Gasteiger partial charge in [-0.05, 0) is 37.3 Å². The number of carbonyl (C=O) groups excluding carboxylic acids is 3. The number of piperazine rings is 1. The molecule has 2 aromatic heterocycles. The predicted octanol–water partition coefficient (Wildman–Crippen LogP) is 2.76. The molecule has 1 aromatic carbocycles. The van der Waals surface area contributed by atoms with E-state index in [-0.39, 0.29) is 35.7 Å². The summed E-state index contributed by atoms with van der Waals surface area (Å²) in [5, 5.41) is 8.93. The molecule has 1 aliphatic heterocycles. The third-order valence-corrected chi connectivity index (χ3v) is 5.70. The Labute approximate surface area is 216 Å². The first-order valence-electron chi connectivity index (χ1n) is 11.3. The zero-order chi connectivity index (χ0) is 28.5. The van der Waals surface area contributed by atoms with Gasteiger partial charge in [-0.15, -0.1) is 0 Å². The van der Waals surface area contributed by atoms with Crippen molar-refractivity contribution in [2.45, 2.75) is 25.3 Å². The lowest BCUT2D eigenvalue weighted by atomic mass is 10.0. The molecule has 0 aliphatic carbocycles. The van der Waals surface area contributed by atoms with Gasteiger partial charge in [0, 0.05) is 24.8 Å². The number of hydrogen-bond acceptors (Lipinski definition) is 6. The quantitative estimate of drug-likeness (QED) is 0.467. The molecular weight excluding hydrogens is 536 g/mol. The number of nitrogens with zero attached hydrogens (tertiary/aromatic N) is 5. The second-order valence-corrected chi connectivity index (χ2v) is 8.50. The van der Waals surface area contributed by atoms with Crippen LogP contribution in [0.2, 0.25) is 0 Å². The van der Waals surface area contributed by atoms with Crippen molar-refractivity contribution in [3.05, 3.63) is 70.9 Å². The maximum atomic E-state index is 13.2. The van der Waals surface area contributed by atoms with Crippen LogP contribution in [-0.2, 0) is 17.1 Å². The van der Waals surface area contributed by atoms with Crippen LogP contribution in [0.15, 0.2) is 42.9 Å². The third kappa shape index (κ3) is 6.15. The fraction of sp³-hybridized carbons (Fsp3) is 0.304. The number of nitrogens with one attached hydrogen (secondary N) is 2. The molecule has 3 heterocycles. The molecule has 3 amide bonds. The molecule has 3 aromatic rings. The van der Waals surface area contributed by atoms with Crippen LogP contribution in [0, 0.1) is 0 Å². The minimum atomic E-state index is -5.11. The van der Waals surface area contributed by atoms with Gasteiger partial charge >= 0.3 is 12.4 Å². The third-order valence-electron chi connectivity index (χ3n) is 5.70. The smallest absolute Gasteiger partial charge is 0.353 e. The van der Waals surface area contributed by atoms with Crippen LogP contribution in [-0.4, -0.2) is 62.0 Å². The van der Waals surface area contributed by atoms with Gasteiger partial charge in [0.2, 0.25) is 5.91 Å². The molecule has 1 atom stereocenters. The molecule has 4 rings (SSSR count). The van der Waals surface area contributed by atoms with Crippen molar-refractivity contribution in [2.24, 2.45) is 0 Å². The van der Waals surface area contributed by atoms with Crippen molar-refractivity contribution >= 4 is 17.7 Å². The topological polar surface area (TPSA) is 122 Å². The number of rotatable bonds is 5. The minimum Gasteiger partial charge on any atom is -0.353 e. The van der Waals surface area contributed by atoms with Crippen LogP contribution in [0.4, 0.5) is 26.3 Å². The number of hydrogen-bond donors (Lipinski definition) is 2. The number of benzene rings is 1. The summed E-state index contributed by atoms with van der Waals surface area (Å²) in [4.78, 5) is 46.4. The van der Waals surface area contributed by atoms with Gasteiger partial charge in [-0.1, -0.05) is 0 Å². The van der Waals surface area contributed by atoms with Crippen LogP contribution in [0.1, 0.15) is 50.6 Å². The van der Waals surface area contributed by atoms with Crippen molar-refractivity contribution in [3.8, 4) is 5.82 Å². The normalized spacial score (nSPS) is 15.1. The van der Waals surface area contributed by atoms with Gasteiger partial charge in [0.05, 0.1) is 29.3 Å². The van der Waals surface area contributed by atoms with E-state index in [0.29, 0.717) is 25.2 Å². The summed E-state index contributed by atoms with van der Waals surface area (Å²) in [5.74, 6) is -1.68. The number of amides is 3. The van der Waals surface area contributed by atoms with Crippen LogP contribution >= 0.6 is 0 Å². The molecule has 0 bridgehead atoms. The van der Waals surface area contributed by atoms with E-state index in [4.69, 9.17) is 0 Å². The highest BCUT2D eigenvalue weighted by atomic mass is 19.4. The van der Waals surface area contributed by atoms with Gasteiger partial charge in [-0.3, -0.25) is 14.4 Å². The maximum absolute atomic E-state index is 13.2. The summed E-state index contributed by atoms with van der Waals surface area (Å²) in [7, 11) is 0. The number of halogens is 6. The van der Waals surface area contributed by atoms with Crippen molar-refractivity contribution < 1.29 is 40.7 Å². The van der Waals surface area contributed by atoms with Gasteiger partial charge in [0.15, 0.2) is 11.6 Å². The molecule has 10 nitrogen and oxygen atoms in total. The molecule has 206 valence electrons.